The fraction of sp³-hybridized carbons (Fsp3) is 0.0833. The number of hydrogen-bond donors (Lipinski definition) is 2. The normalized spacial score (nSPS) is 15.2. The Labute approximate surface area is 183 Å². The van der Waals surface area contributed by atoms with E-state index in [2.05, 4.69) is 10.2 Å². The maximum atomic E-state index is 13.5. The number of ether oxygens (including phenoxy) is 1. The Hall–Kier alpha value is -3.77. The Morgan fingerprint density at radius 1 is 1.06 bits per heavy atom. The van der Waals surface area contributed by atoms with Crippen molar-refractivity contribution in [1.82, 2.24) is 10.2 Å². The van der Waals surface area contributed by atoms with Crippen LogP contribution in [0.15, 0.2) is 72.8 Å². The van der Waals surface area contributed by atoms with E-state index in [0.717, 1.165) is 16.7 Å². The summed E-state index contributed by atoms with van der Waals surface area (Å²) in [7, 11) is 1.49. The lowest BCUT2D eigenvalue weighted by atomic mass is 9.95. The molecule has 3 aromatic carbocycles. The van der Waals surface area contributed by atoms with E-state index in [9.17, 15) is 9.90 Å². The number of phenols is 1. The summed E-state index contributed by atoms with van der Waals surface area (Å²) >= 11 is 6.07. The van der Waals surface area contributed by atoms with Crippen molar-refractivity contribution in [1.29, 1.82) is 0 Å². The number of carbonyl (C=O) groups excluding carboxylic acids is 1. The summed E-state index contributed by atoms with van der Waals surface area (Å²) in [4.78, 5) is 15.2. The molecule has 2 N–H and O–H groups in total. The summed E-state index contributed by atoms with van der Waals surface area (Å²) < 4.78 is 5.32. The lowest BCUT2D eigenvalue weighted by Gasteiger charge is -2.27. The predicted octanol–water partition coefficient (Wildman–Crippen LogP) is 5.19. The number of nitrogens with zero attached hydrogens (tertiary/aromatic N) is 2. The molecule has 31 heavy (non-hydrogen) atoms. The number of rotatable bonds is 4. The van der Waals surface area contributed by atoms with Crippen LogP contribution in [0.2, 0.25) is 5.02 Å². The Bertz CT molecular complexity index is 1270. The number of phenolic OH excluding ortho intramolecular Hbond substituents is 1. The zero-order chi connectivity index (χ0) is 21.5. The van der Waals surface area contributed by atoms with Crippen molar-refractivity contribution < 1.29 is 14.6 Å². The van der Waals surface area contributed by atoms with Crippen LogP contribution in [-0.2, 0) is 0 Å². The SMILES string of the molecule is COc1cc(C2c3c(-c4ccccc4)n[nH]c3C(=O)N2c2ccc(Cl)cc2)ccc1O. The van der Waals surface area contributed by atoms with Gasteiger partial charge in [-0.25, -0.2) is 0 Å². The number of anilines is 1. The van der Waals surface area contributed by atoms with Gasteiger partial charge in [-0.3, -0.25) is 14.8 Å². The Balaban J connectivity index is 1.74. The smallest absolute Gasteiger partial charge is 0.277 e. The number of aromatic amines is 1. The van der Waals surface area contributed by atoms with Gasteiger partial charge < -0.3 is 9.84 Å². The first-order valence-electron chi connectivity index (χ1n) is 9.68. The molecule has 0 saturated heterocycles. The molecule has 0 fully saturated rings. The molecule has 5 rings (SSSR count). The molecule has 1 aliphatic heterocycles. The van der Waals surface area contributed by atoms with E-state index in [1.165, 1.54) is 7.11 Å². The Kier molecular flexibility index (Phi) is 4.64. The lowest BCUT2D eigenvalue weighted by molar-refractivity contribution is 0.0988. The Morgan fingerprint density at radius 3 is 2.52 bits per heavy atom. The molecular formula is C24H18ClN3O3. The second-order valence-electron chi connectivity index (χ2n) is 7.21. The molecule has 4 aromatic rings. The number of H-pyrrole nitrogens is 1. The minimum absolute atomic E-state index is 0.0318. The molecule has 0 aliphatic carbocycles. The van der Waals surface area contributed by atoms with Gasteiger partial charge in [0, 0.05) is 21.8 Å². The molecule has 0 spiro atoms. The van der Waals surface area contributed by atoms with Crippen molar-refractivity contribution in [2.75, 3.05) is 12.0 Å². The summed E-state index contributed by atoms with van der Waals surface area (Å²) in [6, 6.07) is 21.5. The van der Waals surface area contributed by atoms with E-state index in [4.69, 9.17) is 16.3 Å². The summed E-state index contributed by atoms with van der Waals surface area (Å²) in [5.74, 6) is 0.174. The largest absolute Gasteiger partial charge is 0.504 e. The second-order valence-corrected chi connectivity index (χ2v) is 7.65. The van der Waals surface area contributed by atoms with Gasteiger partial charge >= 0.3 is 0 Å². The number of aromatic nitrogens is 2. The van der Waals surface area contributed by atoms with E-state index >= 15 is 0 Å². The highest BCUT2D eigenvalue weighted by atomic mass is 35.5. The van der Waals surface area contributed by atoms with Gasteiger partial charge in [0.05, 0.1) is 18.8 Å². The van der Waals surface area contributed by atoms with Crippen molar-refractivity contribution in [3.05, 3.63) is 94.6 Å². The molecule has 0 bridgehead atoms. The standard InChI is InChI=1S/C24H18ClN3O3/c1-31-19-13-15(7-12-18(19)29)23-20-21(14-5-3-2-4-6-14)26-27-22(20)24(30)28(23)17-10-8-16(25)9-11-17/h2-13,23,29H,1H3,(H,26,27). The minimum Gasteiger partial charge on any atom is -0.504 e. The molecule has 1 unspecified atom stereocenters. The molecular weight excluding hydrogens is 414 g/mol. The Morgan fingerprint density at radius 2 is 1.81 bits per heavy atom. The van der Waals surface area contributed by atoms with Gasteiger partial charge in [-0.2, -0.15) is 5.10 Å². The molecule has 1 atom stereocenters. The third-order valence-corrected chi connectivity index (χ3v) is 5.69. The van der Waals surface area contributed by atoms with Gasteiger partial charge in [0.25, 0.3) is 5.91 Å². The number of methoxy groups -OCH3 is 1. The van der Waals surface area contributed by atoms with Gasteiger partial charge in [0.2, 0.25) is 0 Å². The van der Waals surface area contributed by atoms with Crippen molar-refractivity contribution >= 4 is 23.2 Å². The van der Waals surface area contributed by atoms with Crippen LogP contribution in [0, 0.1) is 0 Å². The molecule has 7 heteroatoms. The first-order chi connectivity index (χ1) is 15.1. The zero-order valence-electron chi connectivity index (χ0n) is 16.5. The highest BCUT2D eigenvalue weighted by molar-refractivity contribution is 6.30. The zero-order valence-corrected chi connectivity index (χ0v) is 17.3. The third kappa shape index (κ3) is 3.12. The summed E-state index contributed by atoms with van der Waals surface area (Å²) in [6.45, 7) is 0. The van der Waals surface area contributed by atoms with Crippen LogP contribution in [0.5, 0.6) is 11.5 Å². The van der Waals surface area contributed by atoms with Crippen LogP contribution in [0.25, 0.3) is 11.3 Å². The van der Waals surface area contributed by atoms with E-state index in [1.54, 1.807) is 35.2 Å². The van der Waals surface area contributed by atoms with E-state index < -0.39 is 6.04 Å². The molecule has 1 amide bonds. The average molecular weight is 432 g/mol. The van der Waals surface area contributed by atoms with Gasteiger partial charge in [-0.15, -0.1) is 0 Å². The maximum Gasteiger partial charge on any atom is 0.277 e. The van der Waals surface area contributed by atoms with Crippen molar-refractivity contribution in [3.8, 4) is 22.8 Å². The number of hydrogen-bond acceptors (Lipinski definition) is 4. The van der Waals surface area contributed by atoms with Crippen LogP contribution in [-0.4, -0.2) is 28.3 Å². The molecule has 154 valence electrons. The number of benzene rings is 3. The number of nitrogens with one attached hydrogen (secondary N) is 1. The van der Waals surface area contributed by atoms with E-state index in [0.29, 0.717) is 27.8 Å². The fourth-order valence-corrected chi connectivity index (χ4v) is 4.14. The lowest BCUT2D eigenvalue weighted by Crippen LogP contribution is -2.29. The van der Waals surface area contributed by atoms with Gasteiger partial charge in [0.15, 0.2) is 11.5 Å². The molecule has 0 saturated carbocycles. The van der Waals surface area contributed by atoms with Crippen LogP contribution in [0.4, 0.5) is 5.69 Å². The predicted molar refractivity (Wildman–Crippen MR) is 119 cm³/mol. The summed E-state index contributed by atoms with van der Waals surface area (Å²) in [5.41, 5.74) is 4.31. The average Bonchev–Trinajstić information content (AvgIpc) is 3.35. The topological polar surface area (TPSA) is 78.5 Å². The summed E-state index contributed by atoms with van der Waals surface area (Å²) in [6.07, 6.45) is 0. The summed E-state index contributed by atoms with van der Waals surface area (Å²) in [5, 5.41) is 18.1. The quantitative estimate of drug-likeness (QED) is 0.466. The van der Waals surface area contributed by atoms with Gasteiger partial charge in [0.1, 0.15) is 5.69 Å². The van der Waals surface area contributed by atoms with Crippen molar-refractivity contribution in [2.24, 2.45) is 0 Å². The number of fused-ring (bicyclic) bond motifs is 1. The van der Waals surface area contributed by atoms with Crippen LogP contribution >= 0.6 is 11.6 Å². The maximum absolute atomic E-state index is 13.5. The molecule has 6 nitrogen and oxygen atoms in total. The van der Waals surface area contributed by atoms with E-state index in [-0.39, 0.29) is 11.7 Å². The number of aromatic hydroxyl groups is 1. The van der Waals surface area contributed by atoms with Crippen LogP contribution < -0.4 is 9.64 Å². The monoisotopic (exact) mass is 431 g/mol. The van der Waals surface area contributed by atoms with Gasteiger partial charge in [-0.1, -0.05) is 48.0 Å². The number of carbonyl (C=O) groups is 1. The van der Waals surface area contributed by atoms with Crippen molar-refractivity contribution in [2.45, 2.75) is 6.04 Å². The first-order valence-corrected chi connectivity index (χ1v) is 10.1. The first kappa shape index (κ1) is 19.2. The highest BCUT2D eigenvalue weighted by Crippen LogP contribution is 2.46. The second kappa shape index (κ2) is 7.49. The van der Waals surface area contributed by atoms with E-state index in [1.807, 2.05) is 42.5 Å². The molecule has 1 aliphatic rings. The number of halogens is 1. The highest BCUT2D eigenvalue weighted by Gasteiger charge is 2.43. The van der Waals surface area contributed by atoms with Crippen molar-refractivity contribution in [3.63, 3.8) is 0 Å². The molecule has 0 radical (unpaired) electrons. The fourth-order valence-electron chi connectivity index (χ4n) is 4.01. The third-order valence-electron chi connectivity index (χ3n) is 5.44. The number of amides is 1. The molecule has 2 heterocycles. The minimum atomic E-state index is -0.466. The van der Waals surface area contributed by atoms with Crippen LogP contribution in [0.3, 0.4) is 0 Å². The molecule has 1 aromatic heterocycles. The van der Waals surface area contributed by atoms with Gasteiger partial charge in [-0.05, 0) is 42.0 Å². The van der Waals surface area contributed by atoms with Crippen LogP contribution in [0.1, 0.15) is 27.7 Å².